The number of benzene rings is 2. The number of ether oxygens (including phenoxy) is 1. The fraction of sp³-hybridized carbons (Fsp3) is 0.174. The Kier molecular flexibility index (Phi) is 4.74. The standard InChI is InChI=1S/C23H20N4O3/c28-23(29)16-6-5-15-9-21-19-4-2-1-3-17(19)11-25-12-22(27(21)20(15)10-16)30-13-18-7-8-24-14-26-18/h1-10,14,22,25H,11-13H2,(H,28,29). The van der Waals surface area contributed by atoms with E-state index >= 15 is 0 Å². The lowest BCUT2D eigenvalue weighted by Gasteiger charge is -2.27. The molecule has 1 atom stereocenters. The lowest BCUT2D eigenvalue weighted by Crippen LogP contribution is -2.29. The van der Waals surface area contributed by atoms with Crippen LogP contribution in [0.2, 0.25) is 0 Å². The summed E-state index contributed by atoms with van der Waals surface area (Å²) in [5.74, 6) is -0.949. The minimum Gasteiger partial charge on any atom is -0.478 e. The van der Waals surface area contributed by atoms with Gasteiger partial charge in [-0.05, 0) is 29.8 Å². The van der Waals surface area contributed by atoms with E-state index in [1.165, 1.54) is 11.9 Å². The minimum absolute atomic E-state index is 0.251. The Hall–Kier alpha value is -3.55. The van der Waals surface area contributed by atoms with Crippen LogP contribution in [0.4, 0.5) is 0 Å². The highest BCUT2D eigenvalue weighted by molar-refractivity contribution is 5.95. The van der Waals surface area contributed by atoms with Gasteiger partial charge in [0, 0.05) is 30.2 Å². The number of aromatic nitrogens is 3. The first-order chi connectivity index (χ1) is 14.7. The van der Waals surface area contributed by atoms with Gasteiger partial charge in [-0.2, -0.15) is 0 Å². The Balaban J connectivity index is 1.66. The van der Waals surface area contributed by atoms with Crippen molar-refractivity contribution in [2.45, 2.75) is 19.4 Å². The number of carboxylic acids is 1. The quantitative estimate of drug-likeness (QED) is 0.544. The second-order valence-corrected chi connectivity index (χ2v) is 7.23. The van der Waals surface area contributed by atoms with Gasteiger partial charge in [0.15, 0.2) is 0 Å². The van der Waals surface area contributed by atoms with E-state index in [1.807, 2.05) is 24.3 Å². The van der Waals surface area contributed by atoms with Gasteiger partial charge >= 0.3 is 5.97 Å². The van der Waals surface area contributed by atoms with Crippen LogP contribution in [0.15, 0.2) is 67.1 Å². The van der Waals surface area contributed by atoms with Crippen LogP contribution >= 0.6 is 0 Å². The maximum Gasteiger partial charge on any atom is 0.335 e. The van der Waals surface area contributed by atoms with Gasteiger partial charge in [-0.25, -0.2) is 14.8 Å². The maximum absolute atomic E-state index is 11.6. The summed E-state index contributed by atoms with van der Waals surface area (Å²) in [6.07, 6.45) is 2.86. The number of carbonyl (C=O) groups is 1. The molecule has 150 valence electrons. The van der Waals surface area contributed by atoms with E-state index in [4.69, 9.17) is 4.74 Å². The molecule has 0 bridgehead atoms. The van der Waals surface area contributed by atoms with Crippen LogP contribution in [0.1, 0.15) is 27.8 Å². The van der Waals surface area contributed by atoms with Crippen molar-refractivity contribution in [2.24, 2.45) is 0 Å². The molecule has 5 rings (SSSR count). The van der Waals surface area contributed by atoms with Gasteiger partial charge in [0.2, 0.25) is 0 Å². The Morgan fingerprint density at radius 3 is 2.93 bits per heavy atom. The molecule has 4 aromatic rings. The summed E-state index contributed by atoms with van der Waals surface area (Å²) in [4.78, 5) is 19.8. The number of hydrogen-bond donors (Lipinski definition) is 2. The number of rotatable bonds is 4. The van der Waals surface area contributed by atoms with E-state index in [9.17, 15) is 9.90 Å². The molecule has 0 aliphatic carbocycles. The Labute approximate surface area is 173 Å². The second kappa shape index (κ2) is 7.70. The lowest BCUT2D eigenvalue weighted by atomic mass is 10.0. The van der Waals surface area contributed by atoms with Crippen LogP contribution in [-0.2, 0) is 17.9 Å². The smallest absolute Gasteiger partial charge is 0.335 e. The van der Waals surface area contributed by atoms with Crippen molar-refractivity contribution < 1.29 is 14.6 Å². The lowest BCUT2D eigenvalue weighted by molar-refractivity contribution is -0.00694. The van der Waals surface area contributed by atoms with E-state index < -0.39 is 5.97 Å². The molecule has 0 spiro atoms. The van der Waals surface area contributed by atoms with Gasteiger partial charge in [-0.15, -0.1) is 0 Å². The van der Waals surface area contributed by atoms with Crippen LogP contribution in [0.3, 0.4) is 0 Å². The molecular weight excluding hydrogens is 380 g/mol. The van der Waals surface area contributed by atoms with Crippen molar-refractivity contribution >= 4 is 16.9 Å². The molecule has 3 heterocycles. The van der Waals surface area contributed by atoms with Crippen LogP contribution in [-0.4, -0.2) is 32.2 Å². The van der Waals surface area contributed by atoms with E-state index in [-0.39, 0.29) is 11.8 Å². The molecular formula is C23H20N4O3. The molecule has 1 aliphatic heterocycles. The SMILES string of the molecule is O=C(O)c1ccc2cc3n(c2c1)C(OCc1ccncn1)CNCc1ccccc1-3. The first-order valence-electron chi connectivity index (χ1n) is 9.74. The zero-order valence-electron chi connectivity index (χ0n) is 16.2. The third kappa shape index (κ3) is 3.34. The molecule has 0 radical (unpaired) electrons. The van der Waals surface area contributed by atoms with Crippen molar-refractivity contribution in [2.75, 3.05) is 6.54 Å². The normalized spacial score (nSPS) is 15.8. The highest BCUT2D eigenvalue weighted by Gasteiger charge is 2.24. The Morgan fingerprint density at radius 1 is 1.20 bits per heavy atom. The van der Waals surface area contributed by atoms with Gasteiger partial charge in [0.05, 0.1) is 29.1 Å². The number of hydrogen-bond acceptors (Lipinski definition) is 5. The van der Waals surface area contributed by atoms with Crippen LogP contribution < -0.4 is 5.32 Å². The van der Waals surface area contributed by atoms with E-state index in [0.29, 0.717) is 13.2 Å². The third-order valence-electron chi connectivity index (χ3n) is 5.37. The average Bonchev–Trinajstić information content (AvgIpc) is 3.13. The summed E-state index contributed by atoms with van der Waals surface area (Å²) in [5.41, 5.74) is 5.18. The minimum atomic E-state index is -0.949. The first kappa shape index (κ1) is 18.5. The fourth-order valence-electron chi connectivity index (χ4n) is 3.94. The molecule has 2 aromatic heterocycles. The molecule has 30 heavy (non-hydrogen) atoms. The van der Waals surface area contributed by atoms with Crippen molar-refractivity contribution in [3.8, 4) is 11.3 Å². The zero-order chi connectivity index (χ0) is 20.5. The summed E-state index contributed by atoms with van der Waals surface area (Å²) in [6.45, 7) is 1.63. The molecule has 7 heteroatoms. The van der Waals surface area contributed by atoms with Crippen molar-refractivity contribution in [3.63, 3.8) is 0 Å². The number of carboxylic acid groups (broad SMARTS) is 1. The van der Waals surface area contributed by atoms with Gasteiger partial charge in [-0.1, -0.05) is 30.3 Å². The van der Waals surface area contributed by atoms with Crippen molar-refractivity contribution in [1.82, 2.24) is 19.9 Å². The fourth-order valence-corrected chi connectivity index (χ4v) is 3.94. The summed E-state index contributed by atoms with van der Waals surface area (Å²) >= 11 is 0. The van der Waals surface area contributed by atoms with Crippen molar-refractivity contribution in [1.29, 1.82) is 0 Å². The Bertz CT molecular complexity index is 1220. The van der Waals surface area contributed by atoms with Crippen LogP contribution in [0.5, 0.6) is 0 Å². The predicted molar refractivity (Wildman–Crippen MR) is 112 cm³/mol. The molecule has 0 saturated carbocycles. The number of fused-ring (bicyclic) bond motifs is 5. The average molecular weight is 400 g/mol. The maximum atomic E-state index is 11.6. The van der Waals surface area contributed by atoms with Crippen molar-refractivity contribution in [3.05, 3.63) is 83.9 Å². The van der Waals surface area contributed by atoms with Gasteiger partial charge in [-0.3, -0.25) is 0 Å². The monoisotopic (exact) mass is 400 g/mol. The largest absolute Gasteiger partial charge is 0.478 e. The molecule has 7 nitrogen and oxygen atoms in total. The molecule has 0 saturated heterocycles. The summed E-state index contributed by atoms with van der Waals surface area (Å²) in [6, 6.07) is 17.4. The van der Waals surface area contributed by atoms with Crippen LogP contribution in [0.25, 0.3) is 22.2 Å². The Morgan fingerprint density at radius 2 is 2.10 bits per heavy atom. The van der Waals surface area contributed by atoms with E-state index in [2.05, 4.69) is 38.1 Å². The van der Waals surface area contributed by atoms with E-state index in [1.54, 1.807) is 18.3 Å². The molecule has 0 amide bonds. The van der Waals surface area contributed by atoms with Gasteiger partial charge < -0.3 is 19.7 Å². The zero-order valence-corrected chi connectivity index (χ0v) is 16.2. The van der Waals surface area contributed by atoms with Gasteiger partial charge in [0.1, 0.15) is 12.6 Å². The molecule has 0 fully saturated rings. The number of nitrogens with zero attached hydrogens (tertiary/aromatic N) is 3. The topological polar surface area (TPSA) is 89.3 Å². The molecule has 1 unspecified atom stereocenters. The number of aromatic carboxylic acids is 1. The third-order valence-corrected chi connectivity index (χ3v) is 5.37. The van der Waals surface area contributed by atoms with E-state index in [0.717, 1.165) is 34.4 Å². The summed E-state index contributed by atoms with van der Waals surface area (Å²) in [7, 11) is 0. The van der Waals surface area contributed by atoms with Gasteiger partial charge in [0.25, 0.3) is 0 Å². The second-order valence-electron chi connectivity index (χ2n) is 7.23. The van der Waals surface area contributed by atoms with Crippen LogP contribution in [0, 0.1) is 0 Å². The highest BCUT2D eigenvalue weighted by Crippen LogP contribution is 2.35. The molecule has 2 aromatic carbocycles. The molecule has 1 aliphatic rings. The number of nitrogens with one attached hydrogen (secondary N) is 1. The molecule has 2 N–H and O–H groups in total. The highest BCUT2D eigenvalue weighted by atomic mass is 16.5. The predicted octanol–water partition coefficient (Wildman–Crippen LogP) is 3.62. The summed E-state index contributed by atoms with van der Waals surface area (Å²) < 4.78 is 8.37. The first-order valence-corrected chi connectivity index (χ1v) is 9.74. The summed E-state index contributed by atoms with van der Waals surface area (Å²) in [5, 5.41) is 13.9.